The van der Waals surface area contributed by atoms with Crippen LogP contribution in [0, 0.1) is 0 Å². The van der Waals surface area contributed by atoms with E-state index in [4.69, 9.17) is 23.3 Å². The molecule has 3 unspecified atom stereocenters. The Morgan fingerprint density at radius 3 is 1.30 bits per heavy atom. The highest BCUT2D eigenvalue weighted by Gasteiger charge is 2.28. The van der Waals surface area contributed by atoms with E-state index in [2.05, 4.69) is 93.7 Å². The molecule has 3 atom stereocenters. The Morgan fingerprint density at radius 2 is 0.848 bits per heavy atom. The maximum absolute atomic E-state index is 12.8. The van der Waals surface area contributed by atoms with Crippen molar-refractivity contribution in [3.63, 3.8) is 0 Å². The second-order valence-electron chi connectivity index (χ2n) is 15.9. The van der Waals surface area contributed by atoms with Crippen LogP contribution in [0.15, 0.2) is 109 Å². The summed E-state index contributed by atoms with van der Waals surface area (Å²) in [4.78, 5) is 48.1. The van der Waals surface area contributed by atoms with Gasteiger partial charge in [-0.25, -0.2) is 4.57 Å². The quantitative estimate of drug-likeness (QED) is 0.0197. The highest BCUT2D eigenvalue weighted by molar-refractivity contribution is 7.47. The predicted molar refractivity (Wildman–Crippen MR) is 270 cm³/mol. The minimum Gasteiger partial charge on any atom is -0.462 e. The molecule has 0 rings (SSSR count). The molecule has 0 amide bonds. The van der Waals surface area contributed by atoms with Crippen molar-refractivity contribution in [2.75, 3.05) is 26.4 Å². The third-order valence-electron chi connectivity index (χ3n) is 9.74. The van der Waals surface area contributed by atoms with E-state index < -0.39 is 64.4 Å². The largest absolute Gasteiger partial charge is 0.472 e. The van der Waals surface area contributed by atoms with Gasteiger partial charge in [-0.1, -0.05) is 194 Å². The molecule has 0 saturated heterocycles. The van der Waals surface area contributed by atoms with E-state index in [0.717, 1.165) is 70.6 Å². The van der Waals surface area contributed by atoms with Gasteiger partial charge in [0, 0.05) is 12.8 Å². The molecule has 374 valence electrons. The Kier molecular flexibility index (Phi) is 44.8. The van der Waals surface area contributed by atoms with Crippen molar-refractivity contribution < 1.29 is 52.2 Å². The molecule has 0 radical (unpaired) electrons. The van der Waals surface area contributed by atoms with Crippen LogP contribution in [-0.2, 0) is 42.2 Å². The lowest BCUT2D eigenvalue weighted by molar-refractivity contribution is -0.160. The molecule has 0 aliphatic carbocycles. The number of hydrogen-bond donors (Lipinski definition) is 2. The number of carbonyl (C=O) groups excluding carboxylic acids is 3. The molecule has 0 aromatic rings. The third-order valence-corrected chi connectivity index (χ3v) is 10.7. The van der Waals surface area contributed by atoms with Crippen molar-refractivity contribution in [2.24, 2.45) is 0 Å². The molecule has 0 bridgehead atoms. The normalized spacial score (nSPS) is 14.4. The third kappa shape index (κ3) is 45.3. The van der Waals surface area contributed by atoms with Crippen LogP contribution in [0.3, 0.4) is 0 Å². The summed E-state index contributed by atoms with van der Waals surface area (Å²) in [6.45, 7) is 4.17. The summed E-state index contributed by atoms with van der Waals surface area (Å²) in [5.74, 6) is -1.73. The lowest BCUT2D eigenvalue weighted by atomic mass is 10.1. The van der Waals surface area contributed by atoms with E-state index in [0.29, 0.717) is 19.3 Å². The van der Waals surface area contributed by atoms with Crippen LogP contribution in [0.5, 0.6) is 0 Å². The molecule has 0 aromatic heterocycles. The van der Waals surface area contributed by atoms with Crippen LogP contribution in [0.2, 0.25) is 0 Å². The SMILES string of the molecule is CC/C=C\C/C=C\C/C=C\C/C=C\C/C=C\CC(=O)OC(COC(=O)CC/C=C\C/C=C\C/C=C\C/C=C\CC)COP(=O)(O)OCC(CO)OC(=O)CCCCCCCCCCCCC. The molecule has 66 heavy (non-hydrogen) atoms. The summed E-state index contributed by atoms with van der Waals surface area (Å²) in [6.07, 6.45) is 55.4. The molecular weight excluding hydrogens is 856 g/mol. The number of phosphoric acid groups is 1. The van der Waals surface area contributed by atoms with Gasteiger partial charge >= 0.3 is 25.7 Å². The van der Waals surface area contributed by atoms with Gasteiger partial charge in [0.2, 0.25) is 0 Å². The first kappa shape index (κ1) is 62.1. The summed E-state index contributed by atoms with van der Waals surface area (Å²) < 4.78 is 39.0. The summed E-state index contributed by atoms with van der Waals surface area (Å²) in [7, 11) is -4.78. The zero-order valence-corrected chi connectivity index (χ0v) is 41.8. The van der Waals surface area contributed by atoms with Crippen LogP contribution >= 0.6 is 7.82 Å². The Bertz CT molecular complexity index is 1520. The van der Waals surface area contributed by atoms with E-state index >= 15 is 0 Å². The van der Waals surface area contributed by atoms with Crippen molar-refractivity contribution in [1.29, 1.82) is 0 Å². The number of hydrogen-bond acceptors (Lipinski definition) is 10. The number of allylic oxidation sites excluding steroid dienone is 17. The van der Waals surface area contributed by atoms with Gasteiger partial charge in [-0.2, -0.15) is 0 Å². The number of rotatable bonds is 44. The zero-order valence-electron chi connectivity index (χ0n) is 40.9. The van der Waals surface area contributed by atoms with Gasteiger partial charge < -0.3 is 24.2 Å². The molecule has 2 N–H and O–H groups in total. The van der Waals surface area contributed by atoms with Crippen LogP contribution in [-0.4, -0.2) is 66.5 Å². The van der Waals surface area contributed by atoms with Gasteiger partial charge in [-0.3, -0.25) is 23.4 Å². The maximum Gasteiger partial charge on any atom is 0.472 e. The molecule has 11 nitrogen and oxygen atoms in total. The van der Waals surface area contributed by atoms with E-state index in [1.165, 1.54) is 44.9 Å². The number of esters is 3. The summed E-state index contributed by atoms with van der Waals surface area (Å²) in [5.41, 5.74) is 0. The molecule has 0 saturated carbocycles. The van der Waals surface area contributed by atoms with Crippen LogP contribution in [0.25, 0.3) is 0 Å². The average molecular weight is 943 g/mol. The van der Waals surface area contributed by atoms with E-state index in [9.17, 15) is 28.9 Å². The van der Waals surface area contributed by atoms with E-state index in [1.807, 2.05) is 30.4 Å². The maximum atomic E-state index is 12.8. The fraction of sp³-hybridized carbons (Fsp3) is 0.611. The van der Waals surface area contributed by atoms with Gasteiger partial charge in [0.25, 0.3) is 0 Å². The first-order valence-corrected chi connectivity index (χ1v) is 26.3. The topological polar surface area (TPSA) is 155 Å². The smallest absolute Gasteiger partial charge is 0.462 e. The summed E-state index contributed by atoms with van der Waals surface area (Å²) in [5, 5.41) is 9.75. The summed E-state index contributed by atoms with van der Waals surface area (Å²) in [6, 6.07) is 0. The standard InChI is InChI=1S/C54H87O11P/c1-4-7-10-13-16-19-22-24-25-27-30-33-36-39-42-45-54(58)65-51(47-61-52(56)43-40-37-34-31-29-26-23-20-17-14-11-8-5-2)49-63-66(59,60)62-48-50(46-55)64-53(57)44-41-38-35-32-28-21-18-15-12-9-6-3/h7-8,10-11,16-17,19-20,24-26,29-30,33-34,37,39,42,50-51,55H,4-6,9,12-15,18,21-23,27-28,31-32,35-36,38,40-41,43-49H2,1-3H3,(H,59,60)/b10-7-,11-8-,19-16-,20-17-,25-24-,29-26-,33-30-,37-34-,42-39-. The summed E-state index contributed by atoms with van der Waals surface area (Å²) >= 11 is 0. The van der Waals surface area contributed by atoms with E-state index in [-0.39, 0.29) is 19.3 Å². The van der Waals surface area contributed by atoms with Gasteiger partial charge in [0.1, 0.15) is 12.7 Å². The highest BCUT2D eigenvalue weighted by atomic mass is 31.2. The number of unbranched alkanes of at least 4 members (excludes halogenated alkanes) is 10. The lowest BCUT2D eigenvalue weighted by Gasteiger charge is -2.21. The number of carbonyl (C=O) groups is 3. The average Bonchev–Trinajstić information content (AvgIpc) is 3.30. The monoisotopic (exact) mass is 943 g/mol. The highest BCUT2D eigenvalue weighted by Crippen LogP contribution is 2.43. The van der Waals surface area contributed by atoms with Crippen molar-refractivity contribution in [1.82, 2.24) is 0 Å². The van der Waals surface area contributed by atoms with Crippen molar-refractivity contribution in [2.45, 2.75) is 187 Å². The molecule has 0 fully saturated rings. The lowest BCUT2D eigenvalue weighted by Crippen LogP contribution is -2.30. The van der Waals surface area contributed by atoms with Crippen LogP contribution < -0.4 is 0 Å². The Balaban J connectivity index is 4.98. The molecular formula is C54H87O11P. The van der Waals surface area contributed by atoms with E-state index in [1.54, 1.807) is 6.08 Å². The fourth-order valence-corrected chi connectivity index (χ4v) is 6.82. The molecule has 12 heteroatoms. The zero-order chi connectivity index (χ0) is 48.4. The first-order valence-electron chi connectivity index (χ1n) is 24.8. The van der Waals surface area contributed by atoms with Crippen LogP contribution in [0.4, 0.5) is 0 Å². The molecule has 0 aromatic carbocycles. The molecule has 0 heterocycles. The van der Waals surface area contributed by atoms with Crippen molar-refractivity contribution in [3.05, 3.63) is 109 Å². The Morgan fingerprint density at radius 1 is 0.455 bits per heavy atom. The molecule has 0 aliphatic heterocycles. The minimum atomic E-state index is -4.78. The van der Waals surface area contributed by atoms with Crippen molar-refractivity contribution >= 4 is 25.7 Å². The number of ether oxygens (including phenoxy) is 3. The first-order chi connectivity index (χ1) is 32.2. The fourth-order valence-electron chi connectivity index (χ4n) is 6.03. The predicted octanol–water partition coefficient (Wildman–Crippen LogP) is 13.9. The Hall–Kier alpha value is -3.86. The number of aliphatic hydroxyl groups excluding tert-OH is 1. The van der Waals surface area contributed by atoms with Crippen molar-refractivity contribution in [3.8, 4) is 0 Å². The molecule has 0 aliphatic rings. The number of phosphoric ester groups is 1. The molecule has 0 spiro atoms. The Labute approximate surface area is 399 Å². The van der Waals surface area contributed by atoms with Gasteiger partial charge in [-0.15, -0.1) is 0 Å². The number of aliphatic hydroxyl groups is 1. The second kappa shape index (κ2) is 47.6. The van der Waals surface area contributed by atoms with Gasteiger partial charge in [-0.05, 0) is 70.6 Å². The second-order valence-corrected chi connectivity index (χ2v) is 17.3. The minimum absolute atomic E-state index is 0.0813. The van der Waals surface area contributed by atoms with Gasteiger partial charge in [0.05, 0.1) is 26.2 Å². The van der Waals surface area contributed by atoms with Gasteiger partial charge in [0.15, 0.2) is 6.10 Å². The van der Waals surface area contributed by atoms with Crippen LogP contribution in [0.1, 0.15) is 175 Å².